The molecular weight excluding hydrogens is 362 g/mol. The monoisotopic (exact) mass is 397 g/mol. The number of carboxylic acid groups (broad SMARTS) is 1. The van der Waals surface area contributed by atoms with E-state index in [4.69, 9.17) is 8.61 Å². The van der Waals surface area contributed by atoms with Crippen LogP contribution in [0, 0.1) is 5.92 Å². The lowest BCUT2D eigenvalue weighted by Gasteiger charge is -2.42. The Hall–Kier alpha value is -0.483. The van der Waals surface area contributed by atoms with Crippen LogP contribution < -0.4 is 5.32 Å². The molecular formula is C16H35NO6SSi. The summed E-state index contributed by atoms with van der Waals surface area (Å²) in [6.07, 6.45) is 1.64. The molecule has 0 spiro atoms. The molecule has 150 valence electrons. The van der Waals surface area contributed by atoms with Crippen LogP contribution in [-0.4, -0.2) is 59.9 Å². The van der Waals surface area contributed by atoms with Gasteiger partial charge in [0.2, 0.25) is 0 Å². The molecule has 0 heterocycles. The fourth-order valence-electron chi connectivity index (χ4n) is 2.24. The Bertz CT molecular complexity index is 529. The molecule has 0 fully saturated rings. The van der Waals surface area contributed by atoms with Gasteiger partial charge < -0.3 is 14.8 Å². The SMILES string of the molecule is CN[C@H](C(=O)O)[C@H](O[Si](C)(C)C(C)(C)C)[C@H](C)CCCOS(C)(=O)=O. The van der Waals surface area contributed by atoms with Crippen molar-refractivity contribution in [2.75, 3.05) is 19.9 Å². The molecule has 0 aliphatic carbocycles. The predicted molar refractivity (Wildman–Crippen MR) is 102 cm³/mol. The molecule has 25 heavy (non-hydrogen) atoms. The summed E-state index contributed by atoms with van der Waals surface area (Å²) >= 11 is 0. The minimum atomic E-state index is -3.46. The molecule has 0 bridgehead atoms. The molecule has 3 atom stereocenters. The highest BCUT2D eigenvalue weighted by Crippen LogP contribution is 2.39. The number of hydrogen-bond acceptors (Lipinski definition) is 6. The van der Waals surface area contributed by atoms with Crippen molar-refractivity contribution in [3.8, 4) is 0 Å². The Morgan fingerprint density at radius 3 is 2.16 bits per heavy atom. The standard InChI is InChI=1S/C16H35NO6SSi/c1-12(10-9-11-22-24(6,20)21)14(13(17-5)15(18)19)23-25(7,8)16(2,3)4/h12-14,17H,9-11H2,1-8H3,(H,18,19)/t12-,13+,14-/m1/s1. The third-order valence-corrected chi connectivity index (χ3v) is 9.87. The summed E-state index contributed by atoms with van der Waals surface area (Å²) in [5, 5.41) is 12.3. The van der Waals surface area contributed by atoms with Gasteiger partial charge >= 0.3 is 5.97 Å². The summed E-state index contributed by atoms with van der Waals surface area (Å²) in [6, 6.07) is -0.819. The topological polar surface area (TPSA) is 102 Å². The number of likely N-dealkylation sites (N-methyl/N-ethyl adjacent to an activating group) is 1. The van der Waals surface area contributed by atoms with Crippen LogP contribution in [0.15, 0.2) is 0 Å². The first-order valence-corrected chi connectivity index (χ1v) is 13.3. The lowest BCUT2D eigenvalue weighted by molar-refractivity contribution is -0.143. The molecule has 0 radical (unpaired) electrons. The molecule has 0 aromatic carbocycles. The van der Waals surface area contributed by atoms with Crippen molar-refractivity contribution in [1.82, 2.24) is 5.32 Å². The molecule has 2 N–H and O–H groups in total. The zero-order chi connectivity index (χ0) is 20.1. The summed E-state index contributed by atoms with van der Waals surface area (Å²) in [5.74, 6) is -1.02. The first-order valence-electron chi connectivity index (χ1n) is 8.54. The lowest BCUT2D eigenvalue weighted by Crippen LogP contribution is -2.55. The number of nitrogens with one attached hydrogen (secondary N) is 1. The van der Waals surface area contributed by atoms with Crippen LogP contribution in [-0.2, 0) is 23.5 Å². The third kappa shape index (κ3) is 8.63. The van der Waals surface area contributed by atoms with Crippen LogP contribution in [0.2, 0.25) is 18.1 Å². The zero-order valence-corrected chi connectivity index (χ0v) is 18.6. The zero-order valence-electron chi connectivity index (χ0n) is 16.8. The van der Waals surface area contributed by atoms with Crippen molar-refractivity contribution >= 4 is 24.4 Å². The maximum atomic E-state index is 11.6. The molecule has 0 amide bonds. The molecule has 0 rings (SSSR count). The highest BCUT2D eigenvalue weighted by Gasteiger charge is 2.43. The van der Waals surface area contributed by atoms with E-state index >= 15 is 0 Å². The van der Waals surface area contributed by atoms with E-state index < -0.39 is 36.6 Å². The van der Waals surface area contributed by atoms with Gasteiger partial charge in [-0.2, -0.15) is 8.42 Å². The van der Waals surface area contributed by atoms with Crippen LogP contribution in [0.3, 0.4) is 0 Å². The highest BCUT2D eigenvalue weighted by molar-refractivity contribution is 7.85. The number of aliphatic carboxylic acids is 1. The van der Waals surface area contributed by atoms with Crippen LogP contribution in [0.1, 0.15) is 40.5 Å². The molecule has 7 nitrogen and oxygen atoms in total. The normalized spacial score (nSPS) is 17.1. The molecule has 9 heteroatoms. The highest BCUT2D eigenvalue weighted by atomic mass is 32.2. The smallest absolute Gasteiger partial charge is 0.323 e. The van der Waals surface area contributed by atoms with Crippen molar-refractivity contribution in [1.29, 1.82) is 0 Å². The van der Waals surface area contributed by atoms with Crippen LogP contribution in [0.4, 0.5) is 0 Å². The molecule has 0 aromatic heterocycles. The Morgan fingerprint density at radius 1 is 1.28 bits per heavy atom. The second-order valence-electron chi connectivity index (χ2n) is 8.09. The fourth-order valence-corrected chi connectivity index (χ4v) is 4.06. The summed E-state index contributed by atoms with van der Waals surface area (Å²) in [6.45, 7) is 12.5. The largest absolute Gasteiger partial charge is 0.480 e. The van der Waals surface area contributed by atoms with Gasteiger partial charge in [0.05, 0.1) is 19.0 Å². The van der Waals surface area contributed by atoms with Crippen LogP contribution >= 0.6 is 0 Å². The van der Waals surface area contributed by atoms with Crippen LogP contribution in [0.5, 0.6) is 0 Å². The van der Waals surface area contributed by atoms with E-state index in [0.29, 0.717) is 12.8 Å². The van der Waals surface area contributed by atoms with Gasteiger partial charge in [-0.05, 0) is 43.9 Å². The van der Waals surface area contributed by atoms with Gasteiger partial charge in [0.25, 0.3) is 10.1 Å². The Labute approximate surface area is 153 Å². The van der Waals surface area contributed by atoms with Gasteiger partial charge in [-0.15, -0.1) is 0 Å². The van der Waals surface area contributed by atoms with Gasteiger partial charge in [-0.1, -0.05) is 27.7 Å². The number of hydrogen-bond donors (Lipinski definition) is 2. The van der Waals surface area contributed by atoms with Crippen molar-refractivity contribution < 1.29 is 26.9 Å². The summed E-state index contributed by atoms with van der Waals surface area (Å²) in [7, 11) is -4.01. The van der Waals surface area contributed by atoms with Gasteiger partial charge in [0.15, 0.2) is 8.32 Å². The van der Waals surface area contributed by atoms with Gasteiger partial charge in [0, 0.05) is 0 Å². The number of carbonyl (C=O) groups is 1. The molecule has 0 aliphatic rings. The molecule has 0 unspecified atom stereocenters. The van der Waals surface area contributed by atoms with Gasteiger partial charge in [0.1, 0.15) is 6.04 Å². The first kappa shape index (κ1) is 24.5. The van der Waals surface area contributed by atoms with E-state index in [1.807, 2.05) is 6.92 Å². The van der Waals surface area contributed by atoms with E-state index in [0.717, 1.165) is 6.26 Å². The minimum absolute atomic E-state index is 0.0405. The Morgan fingerprint density at radius 2 is 1.80 bits per heavy atom. The first-order chi connectivity index (χ1) is 11.1. The summed E-state index contributed by atoms with van der Waals surface area (Å²) in [5.41, 5.74) is 0. The molecule has 0 saturated heterocycles. The van der Waals surface area contributed by atoms with E-state index in [1.54, 1.807) is 7.05 Å². The molecule has 0 aliphatic heterocycles. The van der Waals surface area contributed by atoms with Gasteiger partial charge in [-0.25, -0.2) is 0 Å². The molecule has 0 saturated carbocycles. The number of carboxylic acids is 1. The van der Waals surface area contributed by atoms with Gasteiger partial charge in [-0.3, -0.25) is 8.98 Å². The Kier molecular flexibility index (Phi) is 9.27. The van der Waals surface area contributed by atoms with E-state index in [-0.39, 0.29) is 17.6 Å². The third-order valence-electron chi connectivity index (χ3n) is 4.80. The maximum Gasteiger partial charge on any atom is 0.323 e. The second-order valence-corrected chi connectivity index (χ2v) is 14.5. The number of rotatable bonds is 11. The van der Waals surface area contributed by atoms with E-state index in [9.17, 15) is 18.3 Å². The summed E-state index contributed by atoms with van der Waals surface area (Å²) < 4.78 is 33.2. The van der Waals surface area contributed by atoms with Crippen molar-refractivity contribution in [2.24, 2.45) is 5.92 Å². The van der Waals surface area contributed by atoms with Crippen molar-refractivity contribution in [3.63, 3.8) is 0 Å². The van der Waals surface area contributed by atoms with Crippen LogP contribution in [0.25, 0.3) is 0 Å². The second kappa shape index (κ2) is 9.45. The quantitative estimate of drug-likeness (QED) is 0.314. The molecule has 0 aromatic rings. The van der Waals surface area contributed by atoms with Crippen molar-refractivity contribution in [2.45, 2.75) is 70.8 Å². The lowest BCUT2D eigenvalue weighted by atomic mass is 9.93. The summed E-state index contributed by atoms with van der Waals surface area (Å²) in [4.78, 5) is 11.6. The fraction of sp³-hybridized carbons (Fsp3) is 0.938. The Balaban J connectivity index is 5.16. The van der Waals surface area contributed by atoms with E-state index in [1.165, 1.54) is 0 Å². The maximum absolute atomic E-state index is 11.6. The predicted octanol–water partition coefficient (Wildman–Crippen LogP) is 2.44. The average molecular weight is 398 g/mol. The van der Waals surface area contributed by atoms with Crippen molar-refractivity contribution in [3.05, 3.63) is 0 Å². The minimum Gasteiger partial charge on any atom is -0.480 e. The van der Waals surface area contributed by atoms with E-state index in [2.05, 4.69) is 39.2 Å². The average Bonchev–Trinajstić information content (AvgIpc) is 2.40.